The zero-order chi connectivity index (χ0) is 25.8. The number of carbonyl (C=O) groups is 2. The lowest BCUT2D eigenvalue weighted by atomic mass is 9.43. The van der Waals surface area contributed by atoms with Gasteiger partial charge in [0, 0.05) is 0 Å². The van der Waals surface area contributed by atoms with Crippen LogP contribution in [0.2, 0.25) is 0 Å². The second-order valence-corrected chi connectivity index (χ2v) is 14.5. The molecule has 0 spiro atoms. The monoisotopic (exact) mass is 509 g/mol. The van der Waals surface area contributed by atoms with Crippen molar-refractivity contribution in [3.05, 3.63) is 0 Å². The van der Waals surface area contributed by atoms with Crippen LogP contribution in [0.15, 0.2) is 0 Å². The van der Waals surface area contributed by atoms with Crippen molar-refractivity contribution < 1.29 is 24.9 Å². The molecule has 4 saturated carbocycles. The molecule has 11 unspecified atom stereocenters. The lowest BCUT2D eigenvalue weighted by Gasteiger charge is -2.62. The summed E-state index contributed by atoms with van der Waals surface area (Å²) in [6.07, 6.45) is 10.4. The Morgan fingerprint density at radius 1 is 1.06 bits per heavy atom. The Labute approximate surface area is 215 Å². The second kappa shape index (κ2) is 9.83. The first-order valence-corrected chi connectivity index (χ1v) is 15.0. The number of nitrogens with one attached hydrogen (secondary N) is 1. The van der Waals surface area contributed by atoms with Crippen molar-refractivity contribution in [3.8, 4) is 0 Å². The number of aliphatic hydroxyl groups is 2. The van der Waals surface area contributed by atoms with Crippen LogP contribution in [-0.4, -0.2) is 57.0 Å². The molecule has 6 nitrogen and oxygen atoms in total. The number of carboxylic acids is 1. The van der Waals surface area contributed by atoms with E-state index in [0.29, 0.717) is 35.5 Å². The van der Waals surface area contributed by atoms with Crippen molar-refractivity contribution in [1.29, 1.82) is 0 Å². The van der Waals surface area contributed by atoms with Gasteiger partial charge in [0.15, 0.2) is 0 Å². The minimum atomic E-state index is -1.02. The van der Waals surface area contributed by atoms with E-state index >= 15 is 0 Å². The smallest absolute Gasteiger partial charge is 0.322 e. The molecule has 0 heterocycles. The van der Waals surface area contributed by atoms with Crippen LogP contribution in [0.1, 0.15) is 85.5 Å². The zero-order valence-electron chi connectivity index (χ0n) is 22.3. The maximum atomic E-state index is 12.9. The average molecular weight is 510 g/mol. The van der Waals surface area contributed by atoms with E-state index in [4.69, 9.17) is 5.11 Å². The molecular formula is C28H47NO5S. The molecule has 0 aromatic heterocycles. The van der Waals surface area contributed by atoms with E-state index < -0.39 is 10.7 Å². The van der Waals surface area contributed by atoms with Gasteiger partial charge >= 0.3 is 5.97 Å². The van der Waals surface area contributed by atoms with Crippen LogP contribution < -0.4 is 5.32 Å². The molecule has 0 bridgehead atoms. The summed E-state index contributed by atoms with van der Waals surface area (Å²) in [5.74, 6) is 1.43. The van der Waals surface area contributed by atoms with Crippen molar-refractivity contribution >= 4 is 23.6 Å². The predicted molar refractivity (Wildman–Crippen MR) is 139 cm³/mol. The average Bonchev–Trinajstić information content (AvgIpc) is 3.15. The molecule has 0 saturated heterocycles. The minimum Gasteiger partial charge on any atom is -0.480 e. The number of hydrogen-bond acceptors (Lipinski definition) is 5. The van der Waals surface area contributed by atoms with Crippen LogP contribution in [0.4, 0.5) is 0 Å². The number of hydrogen-bond donors (Lipinski definition) is 4. The zero-order valence-corrected chi connectivity index (χ0v) is 23.1. The van der Waals surface area contributed by atoms with E-state index in [9.17, 15) is 19.8 Å². The number of amides is 1. The standard InChI is InChI=1S/C28H47NO5S/c1-16(14-28(4,35-5)25(34)29-15-23(32)33)19-6-7-20-24-21(9-11-27(19,20)3)26(2)10-8-18(30)12-17(26)13-22(24)31/h16-22,24,30-31H,6-15H2,1-5H3,(H,29,34)(H,32,33). The van der Waals surface area contributed by atoms with Gasteiger partial charge in [0.05, 0.1) is 17.0 Å². The molecule has 4 aliphatic rings. The molecule has 0 aromatic carbocycles. The molecular weight excluding hydrogens is 462 g/mol. The van der Waals surface area contributed by atoms with Gasteiger partial charge in [-0.05, 0) is 117 Å². The summed E-state index contributed by atoms with van der Waals surface area (Å²) in [4.78, 5) is 23.9. The van der Waals surface area contributed by atoms with Gasteiger partial charge in [-0.1, -0.05) is 20.8 Å². The van der Waals surface area contributed by atoms with Gasteiger partial charge < -0.3 is 20.6 Å². The number of rotatable bonds is 7. The summed E-state index contributed by atoms with van der Waals surface area (Å²) in [6, 6.07) is 0. The van der Waals surface area contributed by atoms with E-state index in [1.54, 1.807) is 0 Å². The van der Waals surface area contributed by atoms with Crippen molar-refractivity contribution in [2.75, 3.05) is 12.8 Å². The number of fused-ring (bicyclic) bond motifs is 5. The molecule has 4 aliphatic carbocycles. The third kappa shape index (κ3) is 4.67. The summed E-state index contributed by atoms with van der Waals surface area (Å²) in [7, 11) is 0. The fraction of sp³-hybridized carbons (Fsp3) is 0.929. The lowest BCUT2D eigenvalue weighted by Crippen LogP contribution is -2.58. The van der Waals surface area contributed by atoms with Gasteiger partial charge in [0.1, 0.15) is 6.54 Å². The molecule has 200 valence electrons. The van der Waals surface area contributed by atoms with Gasteiger partial charge in [0.25, 0.3) is 0 Å². The van der Waals surface area contributed by atoms with Gasteiger partial charge in [-0.15, -0.1) is 11.8 Å². The molecule has 0 aromatic rings. The van der Waals surface area contributed by atoms with Crippen LogP contribution in [0.25, 0.3) is 0 Å². The molecule has 4 fully saturated rings. The first-order chi connectivity index (χ1) is 16.4. The van der Waals surface area contributed by atoms with Crippen LogP contribution in [0, 0.1) is 46.3 Å². The first-order valence-electron chi connectivity index (χ1n) is 13.8. The molecule has 35 heavy (non-hydrogen) atoms. The van der Waals surface area contributed by atoms with Crippen molar-refractivity contribution in [2.24, 2.45) is 46.3 Å². The predicted octanol–water partition coefficient (Wildman–Crippen LogP) is 4.33. The third-order valence-electron chi connectivity index (χ3n) is 11.5. The van der Waals surface area contributed by atoms with Gasteiger partial charge in [-0.2, -0.15) is 0 Å². The minimum absolute atomic E-state index is 0.162. The summed E-state index contributed by atoms with van der Waals surface area (Å²) in [6.45, 7) is 8.78. The van der Waals surface area contributed by atoms with Crippen LogP contribution >= 0.6 is 11.8 Å². The van der Waals surface area contributed by atoms with Crippen LogP contribution in [-0.2, 0) is 9.59 Å². The molecule has 11 atom stereocenters. The Morgan fingerprint density at radius 2 is 1.71 bits per heavy atom. The Morgan fingerprint density at radius 3 is 2.37 bits per heavy atom. The highest BCUT2D eigenvalue weighted by Crippen LogP contribution is 2.68. The Hall–Kier alpha value is -0.790. The quantitative estimate of drug-likeness (QED) is 0.407. The summed E-state index contributed by atoms with van der Waals surface area (Å²) in [5.41, 5.74) is 0.392. The van der Waals surface area contributed by atoms with Crippen molar-refractivity contribution in [3.63, 3.8) is 0 Å². The number of aliphatic hydroxyl groups excluding tert-OH is 2. The van der Waals surface area contributed by atoms with E-state index in [0.717, 1.165) is 51.4 Å². The molecule has 7 heteroatoms. The normalized spacial score (nSPS) is 45.4. The van der Waals surface area contributed by atoms with Crippen LogP contribution in [0.3, 0.4) is 0 Å². The van der Waals surface area contributed by atoms with Gasteiger partial charge in [0.2, 0.25) is 5.91 Å². The Kier molecular flexibility index (Phi) is 7.65. The Balaban J connectivity index is 1.50. The van der Waals surface area contributed by atoms with Gasteiger partial charge in [-0.25, -0.2) is 0 Å². The maximum Gasteiger partial charge on any atom is 0.322 e. The van der Waals surface area contributed by atoms with E-state index in [1.165, 1.54) is 18.2 Å². The lowest BCUT2D eigenvalue weighted by molar-refractivity contribution is -0.174. The third-order valence-corrected chi connectivity index (χ3v) is 12.7. The fourth-order valence-corrected chi connectivity index (χ4v) is 10.2. The van der Waals surface area contributed by atoms with Crippen molar-refractivity contribution in [1.82, 2.24) is 5.32 Å². The number of carbonyl (C=O) groups excluding carboxylic acids is 1. The summed E-state index contributed by atoms with van der Waals surface area (Å²) in [5, 5.41) is 33.3. The summed E-state index contributed by atoms with van der Waals surface area (Å²) < 4.78 is -0.658. The number of thioether (sulfide) groups is 1. The SMILES string of the molecule is CSC(C)(CC(C)C1CCC2C3C(O)CC4CC(O)CCC4(C)C3CCC12C)C(=O)NCC(=O)O. The summed E-state index contributed by atoms with van der Waals surface area (Å²) >= 11 is 1.51. The highest BCUT2D eigenvalue weighted by atomic mass is 32.2. The number of carboxylic acid groups (broad SMARTS) is 1. The number of aliphatic carboxylic acids is 1. The molecule has 0 aliphatic heterocycles. The first kappa shape index (κ1) is 27.3. The Bertz CT molecular complexity index is 823. The van der Waals surface area contributed by atoms with E-state index in [1.807, 2.05) is 13.2 Å². The topological polar surface area (TPSA) is 107 Å². The maximum absolute atomic E-state index is 12.9. The van der Waals surface area contributed by atoms with Crippen molar-refractivity contribution in [2.45, 2.75) is 102 Å². The van der Waals surface area contributed by atoms with Crippen LogP contribution in [0.5, 0.6) is 0 Å². The fourth-order valence-electron chi connectivity index (χ4n) is 9.54. The highest BCUT2D eigenvalue weighted by molar-refractivity contribution is 8.00. The van der Waals surface area contributed by atoms with E-state index in [2.05, 4.69) is 26.1 Å². The molecule has 4 N–H and O–H groups in total. The van der Waals surface area contributed by atoms with Gasteiger partial charge in [-0.3, -0.25) is 9.59 Å². The molecule has 4 rings (SSSR count). The highest BCUT2D eigenvalue weighted by Gasteiger charge is 2.63. The second-order valence-electron chi connectivity index (χ2n) is 13.1. The largest absolute Gasteiger partial charge is 0.480 e. The molecule has 0 radical (unpaired) electrons. The molecule has 1 amide bonds. The van der Waals surface area contributed by atoms with E-state index in [-0.39, 0.29) is 35.5 Å².